The Labute approximate surface area is 180 Å². The van der Waals surface area contributed by atoms with E-state index in [1.165, 1.54) is 17.9 Å². The zero-order chi connectivity index (χ0) is 21.2. The number of aliphatic hydroxyl groups is 1. The molecular formula is C22H23Cl2NO4. The molecular weight excluding hydrogens is 413 g/mol. The van der Waals surface area contributed by atoms with E-state index < -0.39 is 11.5 Å². The third-order valence-electron chi connectivity index (χ3n) is 4.90. The Morgan fingerprint density at radius 3 is 2.41 bits per heavy atom. The van der Waals surface area contributed by atoms with Crippen LogP contribution in [-0.4, -0.2) is 23.4 Å². The molecule has 1 amide bonds. The maximum atomic E-state index is 13.2. The number of anilines is 1. The zero-order valence-corrected chi connectivity index (χ0v) is 17.9. The summed E-state index contributed by atoms with van der Waals surface area (Å²) in [5, 5.41) is 11.6. The smallest absolute Gasteiger partial charge is 0.264 e. The first kappa shape index (κ1) is 21.6. The predicted molar refractivity (Wildman–Crippen MR) is 114 cm³/mol. The number of hydrogen-bond acceptors (Lipinski definition) is 4. The average molecular weight is 436 g/mol. The van der Waals surface area contributed by atoms with Crippen molar-refractivity contribution in [2.45, 2.75) is 45.3 Å². The van der Waals surface area contributed by atoms with Crippen LogP contribution in [0.3, 0.4) is 0 Å². The fraction of sp³-hybridized carbons (Fsp3) is 0.364. The molecule has 1 heterocycles. The number of rotatable bonds is 8. The van der Waals surface area contributed by atoms with E-state index >= 15 is 0 Å². The number of fused-ring (bicyclic) bond motifs is 1. The summed E-state index contributed by atoms with van der Waals surface area (Å²) in [6.45, 7) is 4.26. The number of hydrogen-bond donors (Lipinski definition) is 1. The summed E-state index contributed by atoms with van der Waals surface area (Å²) in [7, 11) is 0. The first-order valence-electron chi connectivity index (χ1n) is 9.52. The number of ether oxygens (including phenoxy) is 1. The van der Waals surface area contributed by atoms with E-state index in [-0.39, 0.29) is 34.4 Å². The van der Waals surface area contributed by atoms with Crippen LogP contribution in [-0.2, 0) is 21.7 Å². The summed E-state index contributed by atoms with van der Waals surface area (Å²) in [5.74, 6) is -0.177. The highest BCUT2D eigenvalue weighted by Crippen LogP contribution is 2.50. The maximum Gasteiger partial charge on any atom is 0.264 e. The number of carbonyl (C=O) groups excluding carboxylic acids is 2. The molecule has 0 radical (unpaired) electrons. The van der Waals surface area contributed by atoms with Crippen molar-refractivity contribution in [1.29, 1.82) is 0 Å². The van der Waals surface area contributed by atoms with Gasteiger partial charge in [-0.1, -0.05) is 48.7 Å². The van der Waals surface area contributed by atoms with E-state index in [2.05, 4.69) is 6.92 Å². The van der Waals surface area contributed by atoms with Gasteiger partial charge in [-0.05, 0) is 43.2 Å². The highest BCUT2D eigenvalue weighted by atomic mass is 35.5. The standard InChI is InChI=1S/C22H23Cl2NO4/c1-3-4-11-29-16-7-5-15(6-8-16)13-25-20-18(24)10-9-17(23)19(20)22(28,21(25)27)12-14(2)26/h5-10,28H,3-4,11-13H2,1-2H3. The molecule has 1 unspecified atom stereocenters. The van der Waals surface area contributed by atoms with Crippen molar-refractivity contribution < 1.29 is 19.4 Å². The van der Waals surface area contributed by atoms with Gasteiger partial charge >= 0.3 is 0 Å². The summed E-state index contributed by atoms with van der Waals surface area (Å²) in [4.78, 5) is 26.3. The number of halogens is 2. The van der Waals surface area contributed by atoms with Crippen LogP contribution in [0.15, 0.2) is 36.4 Å². The molecule has 7 heteroatoms. The van der Waals surface area contributed by atoms with E-state index in [4.69, 9.17) is 27.9 Å². The molecule has 154 valence electrons. The molecule has 3 rings (SSSR count). The molecule has 1 atom stereocenters. The summed E-state index contributed by atoms with van der Waals surface area (Å²) in [5.41, 5.74) is -0.662. The maximum absolute atomic E-state index is 13.2. The van der Waals surface area contributed by atoms with Crippen LogP contribution in [0.25, 0.3) is 0 Å². The minimum absolute atomic E-state index is 0.182. The second-order valence-corrected chi connectivity index (χ2v) is 8.04. The van der Waals surface area contributed by atoms with Crippen LogP contribution >= 0.6 is 23.2 Å². The molecule has 29 heavy (non-hydrogen) atoms. The Kier molecular flexibility index (Phi) is 6.52. The molecule has 0 aromatic heterocycles. The Hall–Kier alpha value is -2.08. The van der Waals surface area contributed by atoms with Gasteiger partial charge in [0.2, 0.25) is 0 Å². The van der Waals surface area contributed by atoms with E-state index in [0.717, 1.165) is 24.2 Å². The molecule has 0 fully saturated rings. The average Bonchev–Trinajstić information content (AvgIpc) is 2.88. The van der Waals surface area contributed by atoms with E-state index in [0.29, 0.717) is 12.3 Å². The zero-order valence-electron chi connectivity index (χ0n) is 16.4. The van der Waals surface area contributed by atoms with Crippen molar-refractivity contribution >= 4 is 40.6 Å². The number of unbranched alkanes of at least 4 members (excludes halogenated alkanes) is 1. The van der Waals surface area contributed by atoms with Gasteiger partial charge in [0.25, 0.3) is 5.91 Å². The van der Waals surface area contributed by atoms with Crippen molar-refractivity contribution in [3.8, 4) is 5.75 Å². The molecule has 0 saturated carbocycles. The summed E-state index contributed by atoms with van der Waals surface area (Å²) in [6.07, 6.45) is 1.68. The van der Waals surface area contributed by atoms with E-state index in [1.807, 2.05) is 24.3 Å². The number of amides is 1. The molecule has 5 nitrogen and oxygen atoms in total. The lowest BCUT2D eigenvalue weighted by molar-refractivity contribution is -0.141. The fourth-order valence-corrected chi connectivity index (χ4v) is 4.08. The fourth-order valence-electron chi connectivity index (χ4n) is 3.51. The number of carbonyl (C=O) groups is 2. The van der Waals surface area contributed by atoms with Crippen molar-refractivity contribution in [3.63, 3.8) is 0 Å². The second kappa shape index (κ2) is 8.74. The van der Waals surface area contributed by atoms with Gasteiger partial charge in [0.1, 0.15) is 11.5 Å². The summed E-state index contributed by atoms with van der Waals surface area (Å²) in [6, 6.07) is 10.5. The van der Waals surface area contributed by atoms with Gasteiger partial charge in [0.05, 0.1) is 23.9 Å². The van der Waals surface area contributed by atoms with E-state index in [9.17, 15) is 14.7 Å². The Bertz CT molecular complexity index is 929. The van der Waals surface area contributed by atoms with Gasteiger partial charge in [-0.25, -0.2) is 0 Å². The molecule has 0 saturated heterocycles. The molecule has 2 aromatic rings. The molecule has 0 spiro atoms. The van der Waals surface area contributed by atoms with Crippen LogP contribution in [0.5, 0.6) is 5.75 Å². The molecule has 0 bridgehead atoms. The quantitative estimate of drug-likeness (QED) is 0.599. The SMILES string of the molecule is CCCCOc1ccc(CN2C(=O)C(O)(CC(C)=O)c3c(Cl)ccc(Cl)c32)cc1. The molecule has 1 aliphatic heterocycles. The highest BCUT2D eigenvalue weighted by Gasteiger charge is 2.52. The topological polar surface area (TPSA) is 66.8 Å². The number of Topliss-reactive ketones (excluding diaryl/α,β-unsaturated/α-hetero) is 1. The van der Waals surface area contributed by atoms with Crippen molar-refractivity contribution in [2.24, 2.45) is 0 Å². The highest BCUT2D eigenvalue weighted by molar-refractivity contribution is 6.38. The Balaban J connectivity index is 1.92. The lowest BCUT2D eigenvalue weighted by atomic mass is 9.90. The third kappa shape index (κ3) is 4.27. The predicted octanol–water partition coefficient (Wildman–Crippen LogP) is 4.89. The Morgan fingerprint density at radius 2 is 1.79 bits per heavy atom. The monoisotopic (exact) mass is 435 g/mol. The summed E-state index contributed by atoms with van der Waals surface area (Å²) < 4.78 is 5.66. The normalized spacial score (nSPS) is 18.1. The van der Waals surface area contributed by atoms with Crippen LogP contribution in [0.4, 0.5) is 5.69 Å². The first-order chi connectivity index (χ1) is 13.8. The van der Waals surface area contributed by atoms with Crippen molar-refractivity contribution in [3.05, 3.63) is 57.6 Å². The molecule has 1 N–H and O–H groups in total. The number of ketones is 1. The summed E-state index contributed by atoms with van der Waals surface area (Å²) >= 11 is 12.7. The van der Waals surface area contributed by atoms with E-state index in [1.54, 1.807) is 6.07 Å². The van der Waals surface area contributed by atoms with Crippen LogP contribution in [0.1, 0.15) is 44.2 Å². The Morgan fingerprint density at radius 1 is 1.14 bits per heavy atom. The van der Waals surface area contributed by atoms with Crippen LogP contribution in [0.2, 0.25) is 10.0 Å². The molecule has 0 aliphatic carbocycles. The third-order valence-corrected chi connectivity index (χ3v) is 5.52. The second-order valence-electron chi connectivity index (χ2n) is 7.23. The van der Waals surface area contributed by atoms with Crippen molar-refractivity contribution in [1.82, 2.24) is 0 Å². The van der Waals surface area contributed by atoms with Gasteiger partial charge < -0.3 is 14.7 Å². The van der Waals surface area contributed by atoms with Crippen LogP contribution in [0, 0.1) is 0 Å². The largest absolute Gasteiger partial charge is 0.494 e. The van der Waals surface area contributed by atoms with Gasteiger partial charge in [0.15, 0.2) is 5.60 Å². The van der Waals surface area contributed by atoms with Gasteiger partial charge in [0, 0.05) is 17.0 Å². The minimum atomic E-state index is -2.02. The van der Waals surface area contributed by atoms with Crippen molar-refractivity contribution in [2.75, 3.05) is 11.5 Å². The molecule has 1 aliphatic rings. The van der Waals surface area contributed by atoms with Gasteiger partial charge in [-0.15, -0.1) is 0 Å². The first-order valence-corrected chi connectivity index (χ1v) is 10.3. The lowest BCUT2D eigenvalue weighted by Crippen LogP contribution is -2.41. The van der Waals surface area contributed by atoms with Crippen LogP contribution < -0.4 is 9.64 Å². The number of benzene rings is 2. The number of nitrogens with zero attached hydrogens (tertiary/aromatic N) is 1. The molecule has 2 aromatic carbocycles. The lowest BCUT2D eigenvalue weighted by Gasteiger charge is -2.22. The van der Waals surface area contributed by atoms with Gasteiger partial charge in [-0.2, -0.15) is 0 Å². The van der Waals surface area contributed by atoms with Gasteiger partial charge in [-0.3, -0.25) is 9.59 Å². The minimum Gasteiger partial charge on any atom is -0.494 e.